The minimum absolute atomic E-state index is 0.179. The molecule has 0 bridgehead atoms. The number of carbonyl (C=O) groups excluding carboxylic acids is 1. The van der Waals surface area contributed by atoms with Crippen LogP contribution in [0.4, 0.5) is 0 Å². The normalized spacial score (nSPS) is 17.7. The van der Waals surface area contributed by atoms with Crippen molar-refractivity contribution in [1.29, 1.82) is 0 Å². The predicted molar refractivity (Wildman–Crippen MR) is 61.6 cm³/mol. The highest BCUT2D eigenvalue weighted by Gasteiger charge is 2.35. The van der Waals surface area contributed by atoms with E-state index < -0.39 is 0 Å². The van der Waals surface area contributed by atoms with Gasteiger partial charge in [-0.05, 0) is 30.9 Å². The Morgan fingerprint density at radius 2 is 2.40 bits per heavy atom. The van der Waals surface area contributed by atoms with Crippen LogP contribution in [-0.4, -0.2) is 19.0 Å². The predicted octanol–water partition coefficient (Wildman–Crippen LogP) is 2.94. The van der Waals surface area contributed by atoms with Gasteiger partial charge in [-0.25, -0.2) is 0 Å². The lowest BCUT2D eigenvalue weighted by molar-refractivity contribution is -0.129. The molecular formula is C11H13ClO2S. The molecule has 1 unspecified atom stereocenters. The molecule has 1 saturated carbocycles. The van der Waals surface area contributed by atoms with Crippen molar-refractivity contribution in [3.05, 3.63) is 21.3 Å². The number of ether oxygens (including phenoxy) is 1. The van der Waals surface area contributed by atoms with Gasteiger partial charge < -0.3 is 4.74 Å². The lowest BCUT2D eigenvalue weighted by Gasteiger charge is -2.11. The van der Waals surface area contributed by atoms with Gasteiger partial charge in [0.1, 0.15) is 6.10 Å². The van der Waals surface area contributed by atoms with Crippen molar-refractivity contribution < 1.29 is 9.53 Å². The van der Waals surface area contributed by atoms with E-state index in [-0.39, 0.29) is 11.9 Å². The van der Waals surface area contributed by atoms with Crippen LogP contribution >= 0.6 is 22.9 Å². The summed E-state index contributed by atoms with van der Waals surface area (Å²) in [6.07, 6.45) is 2.49. The molecule has 1 atom stereocenters. The van der Waals surface area contributed by atoms with Crippen LogP contribution in [0.1, 0.15) is 17.7 Å². The van der Waals surface area contributed by atoms with E-state index in [0.717, 1.165) is 22.1 Å². The molecule has 15 heavy (non-hydrogen) atoms. The largest absolute Gasteiger partial charge is 0.373 e. The molecule has 0 radical (unpaired) electrons. The standard InChI is InChI=1S/C11H13ClO2S/c1-14-11(7-2-3-7)9(13)6-8-4-5-10(12)15-8/h4-5,7,11H,2-3,6H2,1H3. The second-order valence-corrected chi connectivity index (χ2v) is 5.64. The molecule has 0 spiro atoms. The smallest absolute Gasteiger partial charge is 0.166 e. The van der Waals surface area contributed by atoms with Crippen molar-refractivity contribution in [2.75, 3.05) is 7.11 Å². The van der Waals surface area contributed by atoms with Gasteiger partial charge in [-0.3, -0.25) is 4.79 Å². The Balaban J connectivity index is 1.95. The van der Waals surface area contributed by atoms with E-state index in [4.69, 9.17) is 16.3 Å². The maximum absolute atomic E-state index is 11.9. The van der Waals surface area contributed by atoms with Crippen LogP contribution in [0.2, 0.25) is 4.34 Å². The lowest BCUT2D eigenvalue weighted by Crippen LogP contribution is -2.26. The molecule has 1 aliphatic carbocycles. The lowest BCUT2D eigenvalue weighted by atomic mass is 10.1. The van der Waals surface area contributed by atoms with Gasteiger partial charge in [0.15, 0.2) is 5.78 Å². The first kappa shape index (κ1) is 11.1. The second-order valence-electron chi connectivity index (χ2n) is 3.84. The van der Waals surface area contributed by atoms with Crippen molar-refractivity contribution >= 4 is 28.7 Å². The molecule has 4 heteroatoms. The van der Waals surface area contributed by atoms with E-state index in [2.05, 4.69) is 0 Å². The molecule has 0 N–H and O–H groups in total. The summed E-state index contributed by atoms with van der Waals surface area (Å²) in [4.78, 5) is 12.9. The van der Waals surface area contributed by atoms with Gasteiger partial charge in [0.25, 0.3) is 0 Å². The summed E-state index contributed by atoms with van der Waals surface area (Å²) in [5, 5.41) is 0. The van der Waals surface area contributed by atoms with E-state index in [9.17, 15) is 4.79 Å². The molecule has 2 rings (SSSR count). The van der Waals surface area contributed by atoms with Crippen molar-refractivity contribution in [2.24, 2.45) is 5.92 Å². The fourth-order valence-corrected chi connectivity index (χ4v) is 2.80. The minimum Gasteiger partial charge on any atom is -0.373 e. The van der Waals surface area contributed by atoms with Crippen LogP contribution in [0.3, 0.4) is 0 Å². The van der Waals surface area contributed by atoms with E-state index >= 15 is 0 Å². The number of hydrogen-bond donors (Lipinski definition) is 0. The van der Waals surface area contributed by atoms with Crippen molar-refractivity contribution in [2.45, 2.75) is 25.4 Å². The first-order valence-corrected chi connectivity index (χ1v) is 6.20. The van der Waals surface area contributed by atoms with Crippen molar-refractivity contribution in [3.63, 3.8) is 0 Å². The van der Waals surface area contributed by atoms with Gasteiger partial charge in [-0.15, -0.1) is 11.3 Å². The minimum atomic E-state index is -0.203. The van der Waals surface area contributed by atoms with Gasteiger partial charge in [-0.1, -0.05) is 11.6 Å². The first-order chi connectivity index (χ1) is 7.20. The van der Waals surface area contributed by atoms with E-state index in [0.29, 0.717) is 12.3 Å². The fraction of sp³-hybridized carbons (Fsp3) is 0.545. The highest BCUT2D eigenvalue weighted by atomic mass is 35.5. The first-order valence-electron chi connectivity index (χ1n) is 5.00. The van der Waals surface area contributed by atoms with Gasteiger partial charge in [0.05, 0.1) is 4.34 Å². The van der Waals surface area contributed by atoms with Crippen LogP contribution in [0.5, 0.6) is 0 Å². The number of halogens is 1. The molecule has 0 aromatic carbocycles. The zero-order valence-electron chi connectivity index (χ0n) is 8.53. The Hall–Kier alpha value is -0.380. The van der Waals surface area contributed by atoms with Gasteiger partial charge in [0, 0.05) is 18.4 Å². The molecule has 0 aliphatic heterocycles. The molecule has 0 saturated heterocycles. The molecule has 1 aromatic heterocycles. The van der Waals surface area contributed by atoms with Gasteiger partial charge in [0.2, 0.25) is 0 Å². The van der Waals surface area contributed by atoms with Crippen LogP contribution in [0.15, 0.2) is 12.1 Å². The van der Waals surface area contributed by atoms with Crippen LogP contribution in [-0.2, 0) is 16.0 Å². The molecule has 82 valence electrons. The van der Waals surface area contributed by atoms with Crippen molar-refractivity contribution in [1.82, 2.24) is 0 Å². The van der Waals surface area contributed by atoms with E-state index in [1.807, 2.05) is 12.1 Å². The zero-order valence-corrected chi connectivity index (χ0v) is 10.1. The molecular weight excluding hydrogens is 232 g/mol. The third kappa shape index (κ3) is 2.80. The Bertz CT molecular complexity index is 357. The summed E-state index contributed by atoms with van der Waals surface area (Å²) in [5.41, 5.74) is 0. The summed E-state index contributed by atoms with van der Waals surface area (Å²) in [7, 11) is 1.61. The molecule has 1 aliphatic rings. The van der Waals surface area contributed by atoms with Crippen LogP contribution < -0.4 is 0 Å². The Labute approximate surface area is 98.2 Å². The molecule has 1 fully saturated rings. The quantitative estimate of drug-likeness (QED) is 0.796. The third-order valence-electron chi connectivity index (χ3n) is 2.60. The maximum Gasteiger partial charge on any atom is 0.166 e. The van der Waals surface area contributed by atoms with Crippen LogP contribution in [0.25, 0.3) is 0 Å². The average Bonchev–Trinajstić information content (AvgIpc) is 2.93. The monoisotopic (exact) mass is 244 g/mol. The molecule has 2 nitrogen and oxygen atoms in total. The summed E-state index contributed by atoms with van der Waals surface area (Å²) in [5.74, 6) is 0.636. The zero-order chi connectivity index (χ0) is 10.8. The van der Waals surface area contributed by atoms with E-state index in [1.54, 1.807) is 7.11 Å². The molecule has 0 amide bonds. The number of methoxy groups -OCH3 is 1. The summed E-state index contributed by atoms with van der Waals surface area (Å²) in [6.45, 7) is 0. The maximum atomic E-state index is 11.9. The summed E-state index contributed by atoms with van der Waals surface area (Å²) >= 11 is 7.27. The molecule has 1 heterocycles. The van der Waals surface area contributed by atoms with Crippen LogP contribution in [0, 0.1) is 5.92 Å². The Morgan fingerprint density at radius 3 is 2.87 bits per heavy atom. The third-order valence-corrected chi connectivity index (χ3v) is 3.83. The molecule has 1 aromatic rings. The summed E-state index contributed by atoms with van der Waals surface area (Å²) in [6, 6.07) is 3.73. The number of carbonyl (C=O) groups is 1. The van der Waals surface area contributed by atoms with E-state index in [1.165, 1.54) is 11.3 Å². The van der Waals surface area contributed by atoms with Gasteiger partial charge >= 0.3 is 0 Å². The number of Topliss-reactive ketones (excluding diaryl/α,β-unsaturated/α-hetero) is 1. The van der Waals surface area contributed by atoms with Crippen molar-refractivity contribution in [3.8, 4) is 0 Å². The highest BCUT2D eigenvalue weighted by molar-refractivity contribution is 7.16. The Kier molecular flexibility index (Phi) is 3.44. The van der Waals surface area contributed by atoms with Gasteiger partial charge in [-0.2, -0.15) is 0 Å². The average molecular weight is 245 g/mol. The fourth-order valence-electron chi connectivity index (χ4n) is 1.70. The number of rotatable bonds is 5. The number of hydrogen-bond acceptors (Lipinski definition) is 3. The Morgan fingerprint density at radius 1 is 1.67 bits per heavy atom. The topological polar surface area (TPSA) is 26.3 Å². The second kappa shape index (κ2) is 4.64. The highest BCUT2D eigenvalue weighted by Crippen LogP contribution is 2.35. The number of thiophene rings is 1. The SMILES string of the molecule is COC(C(=O)Cc1ccc(Cl)s1)C1CC1. The summed E-state index contributed by atoms with van der Waals surface area (Å²) < 4.78 is 5.97. The number of ketones is 1.